The number of allylic oxidation sites excluding steroid dienone is 1. The molecule has 1 aromatic carbocycles. The van der Waals surface area contributed by atoms with Crippen molar-refractivity contribution in [3.05, 3.63) is 57.6 Å². The smallest absolute Gasteiger partial charge is 0.101 e. The van der Waals surface area contributed by atoms with Gasteiger partial charge in [-0.15, -0.1) is 22.7 Å². The van der Waals surface area contributed by atoms with Gasteiger partial charge in [0.1, 0.15) is 6.07 Å². The molecule has 0 radical (unpaired) electrons. The summed E-state index contributed by atoms with van der Waals surface area (Å²) in [4.78, 5) is 1.02. The molecular formula is C15H9NS2. The molecule has 86 valence electrons. The Balaban J connectivity index is 2.13. The molecule has 18 heavy (non-hydrogen) atoms. The molecule has 0 atom stereocenters. The zero-order chi connectivity index (χ0) is 12.4. The van der Waals surface area contributed by atoms with E-state index in [2.05, 4.69) is 23.6 Å². The lowest BCUT2D eigenvalue weighted by molar-refractivity contribution is 1.54. The highest BCUT2D eigenvalue weighted by molar-refractivity contribution is 7.17. The van der Waals surface area contributed by atoms with Crippen LogP contribution in [0.4, 0.5) is 0 Å². The third-order valence-electron chi connectivity index (χ3n) is 2.72. The first kappa shape index (κ1) is 11.2. The summed E-state index contributed by atoms with van der Waals surface area (Å²) in [5, 5.41) is 14.6. The first-order valence-corrected chi connectivity index (χ1v) is 7.26. The molecule has 3 rings (SSSR count). The molecule has 0 aliphatic carbocycles. The minimum absolute atomic E-state index is 0.730. The van der Waals surface area contributed by atoms with Gasteiger partial charge < -0.3 is 0 Å². The van der Waals surface area contributed by atoms with Crippen LogP contribution in [-0.4, -0.2) is 0 Å². The normalized spacial score (nSPS) is 11.6. The van der Waals surface area contributed by atoms with Gasteiger partial charge in [0.25, 0.3) is 0 Å². The van der Waals surface area contributed by atoms with E-state index < -0.39 is 0 Å². The Kier molecular flexibility index (Phi) is 2.97. The van der Waals surface area contributed by atoms with Gasteiger partial charge in [-0.2, -0.15) is 5.26 Å². The molecule has 0 fully saturated rings. The summed E-state index contributed by atoms with van der Waals surface area (Å²) in [6.07, 6.45) is 1.98. The number of fused-ring (bicyclic) bond motifs is 1. The van der Waals surface area contributed by atoms with Crippen molar-refractivity contribution in [2.24, 2.45) is 0 Å². The number of nitrogens with zero attached hydrogens (tertiary/aromatic N) is 1. The molecule has 0 saturated carbocycles. The molecule has 3 aromatic rings. The van der Waals surface area contributed by atoms with Crippen LogP contribution in [0.2, 0.25) is 0 Å². The van der Waals surface area contributed by atoms with E-state index in [1.807, 2.05) is 35.7 Å². The maximum atomic E-state index is 9.26. The van der Waals surface area contributed by atoms with Gasteiger partial charge in [-0.05, 0) is 39.9 Å². The second-order valence-corrected chi connectivity index (χ2v) is 5.69. The van der Waals surface area contributed by atoms with Crippen LogP contribution in [0, 0.1) is 11.3 Å². The molecular weight excluding hydrogens is 258 g/mol. The second-order valence-electron chi connectivity index (χ2n) is 3.83. The quantitative estimate of drug-likeness (QED) is 0.598. The van der Waals surface area contributed by atoms with Crippen LogP contribution in [0.25, 0.3) is 21.7 Å². The van der Waals surface area contributed by atoms with Gasteiger partial charge in [0.05, 0.1) is 5.57 Å². The van der Waals surface area contributed by atoms with Gasteiger partial charge in [-0.1, -0.05) is 24.3 Å². The van der Waals surface area contributed by atoms with Crippen molar-refractivity contribution in [3.63, 3.8) is 0 Å². The number of benzene rings is 1. The molecule has 0 N–H and O–H groups in total. The molecule has 3 heteroatoms. The monoisotopic (exact) mass is 267 g/mol. The Hall–Kier alpha value is -1.89. The van der Waals surface area contributed by atoms with Crippen molar-refractivity contribution in [3.8, 4) is 6.07 Å². The molecule has 0 amide bonds. The maximum Gasteiger partial charge on any atom is 0.101 e. The molecule has 2 aromatic heterocycles. The third-order valence-corrected chi connectivity index (χ3v) is 4.60. The Bertz CT molecular complexity index is 742. The van der Waals surface area contributed by atoms with Gasteiger partial charge >= 0.3 is 0 Å². The van der Waals surface area contributed by atoms with Crippen LogP contribution in [0.3, 0.4) is 0 Å². The fraction of sp³-hybridized carbons (Fsp3) is 0. The first-order valence-electron chi connectivity index (χ1n) is 5.50. The first-order chi connectivity index (χ1) is 8.88. The summed E-state index contributed by atoms with van der Waals surface area (Å²) >= 11 is 3.31. The van der Waals surface area contributed by atoms with E-state index in [1.54, 1.807) is 22.7 Å². The highest BCUT2D eigenvalue weighted by atomic mass is 32.1. The molecule has 0 spiro atoms. The van der Waals surface area contributed by atoms with Gasteiger partial charge in [0.2, 0.25) is 0 Å². The standard InChI is InChI=1S/C15H9NS2/c16-9-11(14-6-3-7-17-14)8-12-10-18-15-5-2-1-4-13(12)15/h1-8,10H/b11-8+. The van der Waals surface area contributed by atoms with Gasteiger partial charge in [0, 0.05) is 9.58 Å². The summed E-state index contributed by atoms with van der Waals surface area (Å²) in [7, 11) is 0. The average Bonchev–Trinajstić information content (AvgIpc) is 3.06. The maximum absolute atomic E-state index is 9.26. The molecule has 0 bridgehead atoms. The van der Waals surface area contributed by atoms with Crippen LogP contribution < -0.4 is 0 Å². The fourth-order valence-corrected chi connectivity index (χ4v) is 3.47. The minimum Gasteiger partial charge on any atom is -0.192 e. The Morgan fingerprint density at radius 1 is 1.11 bits per heavy atom. The fourth-order valence-electron chi connectivity index (χ4n) is 1.86. The number of thiophene rings is 2. The lowest BCUT2D eigenvalue weighted by Gasteiger charge is -1.94. The average molecular weight is 267 g/mol. The summed E-state index contributed by atoms with van der Waals surface area (Å²) in [5.41, 5.74) is 1.86. The van der Waals surface area contributed by atoms with Crippen LogP contribution in [0.15, 0.2) is 47.2 Å². The van der Waals surface area contributed by atoms with E-state index in [4.69, 9.17) is 0 Å². The van der Waals surface area contributed by atoms with Crippen LogP contribution in [0.1, 0.15) is 10.4 Å². The Morgan fingerprint density at radius 3 is 2.78 bits per heavy atom. The summed E-state index contributed by atoms with van der Waals surface area (Å²) < 4.78 is 1.26. The van der Waals surface area contributed by atoms with E-state index in [1.165, 1.54) is 10.1 Å². The summed E-state index contributed by atoms with van der Waals surface area (Å²) in [6.45, 7) is 0. The predicted molar refractivity (Wildman–Crippen MR) is 79.6 cm³/mol. The number of rotatable bonds is 2. The lowest BCUT2D eigenvalue weighted by Crippen LogP contribution is -1.75. The van der Waals surface area contributed by atoms with Gasteiger partial charge in [-0.25, -0.2) is 0 Å². The molecule has 0 aliphatic rings. The Morgan fingerprint density at radius 2 is 2.00 bits per heavy atom. The SMILES string of the molecule is N#C/C(=C\c1csc2ccccc12)c1cccs1. The van der Waals surface area contributed by atoms with E-state index in [9.17, 15) is 5.26 Å². The van der Waals surface area contributed by atoms with Crippen molar-refractivity contribution < 1.29 is 0 Å². The second kappa shape index (κ2) is 4.77. The molecule has 0 unspecified atom stereocenters. The highest BCUT2D eigenvalue weighted by Crippen LogP contribution is 2.30. The minimum atomic E-state index is 0.730. The number of nitriles is 1. The van der Waals surface area contributed by atoms with Crippen LogP contribution in [-0.2, 0) is 0 Å². The predicted octanol–water partition coefficient (Wildman–Crippen LogP) is 5.03. The number of hydrogen-bond donors (Lipinski definition) is 0. The van der Waals surface area contributed by atoms with Crippen molar-refractivity contribution in [1.29, 1.82) is 5.26 Å². The van der Waals surface area contributed by atoms with E-state index in [-0.39, 0.29) is 0 Å². The Labute approximate surface area is 113 Å². The van der Waals surface area contributed by atoms with Crippen molar-refractivity contribution in [2.45, 2.75) is 0 Å². The number of hydrogen-bond acceptors (Lipinski definition) is 3. The lowest BCUT2D eigenvalue weighted by atomic mass is 10.1. The van der Waals surface area contributed by atoms with Crippen molar-refractivity contribution >= 4 is 44.4 Å². The molecule has 0 aliphatic heterocycles. The zero-order valence-corrected chi connectivity index (χ0v) is 11.1. The summed E-state index contributed by atoms with van der Waals surface area (Å²) in [6, 6.07) is 14.5. The molecule has 1 nitrogen and oxygen atoms in total. The van der Waals surface area contributed by atoms with Crippen molar-refractivity contribution in [1.82, 2.24) is 0 Å². The molecule has 0 saturated heterocycles. The van der Waals surface area contributed by atoms with Crippen LogP contribution >= 0.6 is 22.7 Å². The van der Waals surface area contributed by atoms with Gasteiger partial charge in [0.15, 0.2) is 0 Å². The largest absolute Gasteiger partial charge is 0.192 e. The van der Waals surface area contributed by atoms with E-state index >= 15 is 0 Å². The van der Waals surface area contributed by atoms with E-state index in [0.717, 1.165) is 16.0 Å². The highest BCUT2D eigenvalue weighted by Gasteiger charge is 2.05. The molecule has 2 heterocycles. The zero-order valence-electron chi connectivity index (χ0n) is 9.46. The van der Waals surface area contributed by atoms with Crippen molar-refractivity contribution in [2.75, 3.05) is 0 Å². The van der Waals surface area contributed by atoms with Crippen LogP contribution in [0.5, 0.6) is 0 Å². The topological polar surface area (TPSA) is 23.8 Å². The van der Waals surface area contributed by atoms with E-state index in [0.29, 0.717) is 0 Å². The summed E-state index contributed by atoms with van der Waals surface area (Å²) in [5.74, 6) is 0. The third kappa shape index (κ3) is 1.97. The van der Waals surface area contributed by atoms with Gasteiger partial charge in [-0.3, -0.25) is 0 Å².